The average Bonchev–Trinajstić information content (AvgIpc) is 3.34. The summed E-state index contributed by atoms with van der Waals surface area (Å²) in [4.78, 5) is 17.2. The van der Waals surface area contributed by atoms with Crippen molar-refractivity contribution in [2.75, 3.05) is 13.2 Å². The van der Waals surface area contributed by atoms with E-state index in [1.54, 1.807) is 18.2 Å². The molecule has 1 saturated heterocycles. The fourth-order valence-corrected chi connectivity index (χ4v) is 6.42. The number of benzene rings is 3. The second kappa shape index (κ2) is 10.2. The third-order valence-corrected chi connectivity index (χ3v) is 8.70. The maximum absolute atomic E-state index is 14.2. The van der Waals surface area contributed by atoms with Crippen molar-refractivity contribution in [3.05, 3.63) is 75.9 Å². The predicted molar refractivity (Wildman–Crippen MR) is 154 cm³/mol. The molecule has 0 atom stereocenters. The normalized spacial score (nSPS) is 14.7. The molecule has 6 rings (SSSR count). The minimum atomic E-state index is -4.88. The predicted octanol–water partition coefficient (Wildman–Crippen LogP) is 6.53. The second-order valence-electron chi connectivity index (χ2n) is 10.4. The lowest BCUT2D eigenvalue weighted by molar-refractivity contribution is 0.0715. The van der Waals surface area contributed by atoms with Crippen LogP contribution in [0.1, 0.15) is 49.8 Å². The third kappa shape index (κ3) is 4.47. The van der Waals surface area contributed by atoms with Crippen LogP contribution in [0.4, 0.5) is 3.89 Å². The summed E-state index contributed by atoms with van der Waals surface area (Å²) < 4.78 is 45.2. The Balaban J connectivity index is 1.73. The summed E-state index contributed by atoms with van der Waals surface area (Å²) in [7, 11) is -4.88. The largest absolute Gasteiger partial charge is 0.381 e. The van der Waals surface area contributed by atoms with Crippen LogP contribution in [-0.2, 0) is 21.4 Å². The first-order valence-corrected chi connectivity index (χ1v) is 14.9. The minimum Gasteiger partial charge on any atom is -0.381 e. The van der Waals surface area contributed by atoms with E-state index in [0.29, 0.717) is 47.2 Å². The highest BCUT2D eigenvalue weighted by molar-refractivity contribution is 7.86. The van der Waals surface area contributed by atoms with E-state index >= 15 is 0 Å². The van der Waals surface area contributed by atoms with E-state index in [4.69, 9.17) is 4.74 Å². The summed E-state index contributed by atoms with van der Waals surface area (Å²) in [6.07, 6.45) is 4.01. The van der Waals surface area contributed by atoms with Gasteiger partial charge in [0, 0.05) is 35.5 Å². The van der Waals surface area contributed by atoms with Crippen LogP contribution in [0.2, 0.25) is 0 Å². The maximum Gasteiger partial charge on any atom is 0.332 e. The number of hydrogen-bond donors (Lipinski definition) is 1. The van der Waals surface area contributed by atoms with E-state index in [1.807, 2.05) is 18.2 Å². The summed E-state index contributed by atoms with van der Waals surface area (Å²) in [5.41, 5.74) is 4.78. The standard InChI is InChI=1S/C31H28FN3O4S/c1-2-3-5-21-16-26-28(17-25(21)20-6-4-7-23(15-20)40(32,37)38)35(22-10-12-39-13-11-22)31-29(30(26)36)24-9-8-19(18-33)14-27(24)34-31/h4,6-9,14-17,22,34H,2-3,5,10-13H2,1H3. The molecule has 204 valence electrons. The number of fused-ring (bicyclic) bond motifs is 4. The lowest BCUT2D eigenvalue weighted by atomic mass is 9.93. The SMILES string of the molecule is CCCCc1cc2c(=O)c3c4ccc(C#N)cc4[nH]c3n(C3CCOCC3)c2cc1-c1cccc(S(=O)(=O)F)c1. The van der Waals surface area contributed by atoms with Gasteiger partial charge in [0.1, 0.15) is 5.65 Å². The number of pyridine rings is 1. The Morgan fingerprint density at radius 2 is 1.90 bits per heavy atom. The van der Waals surface area contributed by atoms with Gasteiger partial charge < -0.3 is 14.3 Å². The van der Waals surface area contributed by atoms with Crippen molar-refractivity contribution >= 4 is 43.1 Å². The fraction of sp³-hybridized carbons (Fsp3) is 0.290. The van der Waals surface area contributed by atoms with Gasteiger partial charge in [-0.3, -0.25) is 4.79 Å². The second-order valence-corrected chi connectivity index (χ2v) is 11.7. The fourth-order valence-electron chi connectivity index (χ4n) is 5.91. The molecule has 3 aromatic carbocycles. The molecule has 0 spiro atoms. The number of halogens is 1. The quantitative estimate of drug-likeness (QED) is 0.239. The molecular weight excluding hydrogens is 529 g/mol. The summed E-state index contributed by atoms with van der Waals surface area (Å²) in [5, 5.41) is 11.4. The van der Waals surface area contributed by atoms with Crippen LogP contribution in [-0.4, -0.2) is 31.2 Å². The van der Waals surface area contributed by atoms with E-state index in [9.17, 15) is 22.4 Å². The summed E-state index contributed by atoms with van der Waals surface area (Å²) >= 11 is 0. The van der Waals surface area contributed by atoms with Crippen LogP contribution in [0.15, 0.2) is 64.3 Å². The number of hydrogen-bond acceptors (Lipinski definition) is 5. The van der Waals surface area contributed by atoms with Gasteiger partial charge in [0.2, 0.25) is 0 Å². The van der Waals surface area contributed by atoms with Crippen LogP contribution in [0.5, 0.6) is 0 Å². The molecule has 0 bridgehead atoms. The van der Waals surface area contributed by atoms with E-state index < -0.39 is 15.1 Å². The van der Waals surface area contributed by atoms with Gasteiger partial charge in [-0.05, 0) is 78.8 Å². The van der Waals surface area contributed by atoms with Crippen molar-refractivity contribution < 1.29 is 17.0 Å². The third-order valence-electron chi connectivity index (χ3n) is 7.88. The molecule has 1 fully saturated rings. The first kappa shape index (κ1) is 26.2. The van der Waals surface area contributed by atoms with E-state index in [1.165, 1.54) is 18.2 Å². The van der Waals surface area contributed by atoms with Crippen molar-refractivity contribution in [2.45, 2.75) is 50.0 Å². The van der Waals surface area contributed by atoms with Crippen LogP contribution in [0.25, 0.3) is 44.0 Å². The zero-order valence-corrected chi connectivity index (χ0v) is 22.9. The number of aromatic nitrogens is 2. The highest BCUT2D eigenvalue weighted by Gasteiger charge is 2.25. The van der Waals surface area contributed by atoms with Crippen molar-refractivity contribution in [2.24, 2.45) is 0 Å². The molecule has 9 heteroatoms. The smallest absolute Gasteiger partial charge is 0.332 e. The average molecular weight is 558 g/mol. The molecular formula is C31H28FN3O4S. The van der Waals surface area contributed by atoms with Gasteiger partial charge in [0.15, 0.2) is 5.43 Å². The van der Waals surface area contributed by atoms with E-state index in [0.717, 1.165) is 53.2 Å². The lowest BCUT2D eigenvalue weighted by Gasteiger charge is -2.28. The lowest BCUT2D eigenvalue weighted by Crippen LogP contribution is -2.22. The molecule has 1 N–H and O–H groups in total. The number of nitrogens with one attached hydrogen (secondary N) is 1. The highest BCUT2D eigenvalue weighted by atomic mass is 32.3. The number of aryl methyl sites for hydroxylation is 1. The van der Waals surface area contributed by atoms with Gasteiger partial charge >= 0.3 is 10.2 Å². The molecule has 5 aromatic rings. The van der Waals surface area contributed by atoms with E-state index in [-0.39, 0.29) is 11.5 Å². The molecule has 0 amide bonds. The summed E-state index contributed by atoms with van der Waals surface area (Å²) in [6, 6.07) is 17.3. The molecule has 0 radical (unpaired) electrons. The molecule has 1 aliphatic heterocycles. The summed E-state index contributed by atoms with van der Waals surface area (Å²) in [5.74, 6) is 0. The number of rotatable bonds is 6. The topological polar surface area (TPSA) is 105 Å². The Morgan fingerprint density at radius 3 is 2.62 bits per heavy atom. The Bertz CT molecular complexity index is 2000. The maximum atomic E-state index is 14.2. The molecule has 0 unspecified atom stereocenters. The van der Waals surface area contributed by atoms with Crippen molar-refractivity contribution in [3.8, 4) is 17.2 Å². The molecule has 3 heterocycles. The van der Waals surface area contributed by atoms with Gasteiger partial charge in [-0.1, -0.05) is 31.5 Å². The Morgan fingerprint density at radius 1 is 1.10 bits per heavy atom. The zero-order chi connectivity index (χ0) is 28.0. The minimum absolute atomic E-state index is 0.0507. The van der Waals surface area contributed by atoms with Gasteiger partial charge in [-0.15, -0.1) is 3.89 Å². The molecule has 7 nitrogen and oxygen atoms in total. The first-order valence-electron chi connectivity index (χ1n) is 13.5. The number of ether oxygens (including phenoxy) is 1. The number of nitriles is 1. The zero-order valence-electron chi connectivity index (χ0n) is 22.0. The number of unbranched alkanes of at least 4 members (excludes halogenated alkanes) is 1. The molecule has 2 aromatic heterocycles. The monoisotopic (exact) mass is 557 g/mol. The molecule has 0 saturated carbocycles. The summed E-state index contributed by atoms with van der Waals surface area (Å²) in [6.45, 7) is 3.27. The Hall–Kier alpha value is -4.00. The first-order chi connectivity index (χ1) is 19.3. The van der Waals surface area contributed by atoms with Gasteiger partial charge in [-0.2, -0.15) is 13.7 Å². The van der Waals surface area contributed by atoms with Crippen LogP contribution >= 0.6 is 0 Å². The number of aromatic amines is 1. The Labute approximate surface area is 231 Å². The molecule has 1 aliphatic rings. The molecule has 0 aliphatic carbocycles. The van der Waals surface area contributed by atoms with Gasteiger partial charge in [0.05, 0.1) is 27.4 Å². The van der Waals surface area contributed by atoms with Gasteiger partial charge in [-0.25, -0.2) is 0 Å². The van der Waals surface area contributed by atoms with Crippen molar-refractivity contribution in [1.29, 1.82) is 5.26 Å². The molecule has 40 heavy (non-hydrogen) atoms. The van der Waals surface area contributed by atoms with Crippen molar-refractivity contribution in [1.82, 2.24) is 9.55 Å². The van der Waals surface area contributed by atoms with Crippen LogP contribution < -0.4 is 5.43 Å². The van der Waals surface area contributed by atoms with Crippen LogP contribution in [0.3, 0.4) is 0 Å². The number of nitrogens with zero attached hydrogens (tertiary/aromatic N) is 2. The van der Waals surface area contributed by atoms with E-state index in [2.05, 4.69) is 22.5 Å². The number of H-pyrrole nitrogens is 1. The van der Waals surface area contributed by atoms with Gasteiger partial charge in [0.25, 0.3) is 0 Å². The Kier molecular flexibility index (Phi) is 6.69. The van der Waals surface area contributed by atoms with Crippen LogP contribution in [0, 0.1) is 11.3 Å². The van der Waals surface area contributed by atoms with Crippen molar-refractivity contribution in [3.63, 3.8) is 0 Å². The highest BCUT2D eigenvalue weighted by Crippen LogP contribution is 2.37.